The van der Waals surface area contributed by atoms with E-state index < -0.39 is 22.9 Å². The summed E-state index contributed by atoms with van der Waals surface area (Å²) in [5, 5.41) is 6.25. The summed E-state index contributed by atoms with van der Waals surface area (Å²) in [6, 6.07) is 30.4. The van der Waals surface area contributed by atoms with Crippen LogP contribution in [0.4, 0.5) is 11.4 Å². The number of hydrogen-bond acceptors (Lipinski definition) is 4. The zero-order chi connectivity index (χ0) is 27.2. The molecule has 4 aromatic carbocycles. The first-order valence-electron chi connectivity index (χ1n) is 13.8. The van der Waals surface area contributed by atoms with E-state index in [0.29, 0.717) is 29.9 Å². The van der Waals surface area contributed by atoms with Gasteiger partial charge in [-0.25, -0.2) is 0 Å². The van der Waals surface area contributed by atoms with Crippen LogP contribution in [0.15, 0.2) is 97.1 Å². The second-order valence-electron chi connectivity index (χ2n) is 11.3. The average molecular weight is 526 g/mol. The Morgan fingerprint density at radius 3 is 2.17 bits per heavy atom. The highest BCUT2D eigenvalue weighted by Gasteiger charge is 2.78. The fourth-order valence-electron chi connectivity index (χ4n) is 8.07. The van der Waals surface area contributed by atoms with Gasteiger partial charge in [-0.1, -0.05) is 90.5 Å². The van der Waals surface area contributed by atoms with Crippen molar-refractivity contribution in [3.8, 4) is 0 Å². The van der Waals surface area contributed by atoms with Crippen molar-refractivity contribution in [3.05, 3.63) is 130 Å². The van der Waals surface area contributed by atoms with Crippen molar-refractivity contribution >= 4 is 29.0 Å². The number of nitrogens with zero attached hydrogens (tertiary/aromatic N) is 1. The minimum absolute atomic E-state index is 0.203. The van der Waals surface area contributed by atoms with Crippen LogP contribution in [0.5, 0.6) is 0 Å². The molecule has 1 saturated heterocycles. The number of amides is 2. The van der Waals surface area contributed by atoms with Gasteiger partial charge < -0.3 is 10.6 Å². The van der Waals surface area contributed by atoms with Gasteiger partial charge in [0.05, 0.1) is 12.0 Å². The monoisotopic (exact) mass is 525 g/mol. The zero-order valence-electron chi connectivity index (χ0n) is 22.0. The maximum absolute atomic E-state index is 15.1. The average Bonchev–Trinajstić information content (AvgIpc) is 3.55. The number of ketones is 1. The van der Waals surface area contributed by atoms with Gasteiger partial charge in [-0.15, -0.1) is 0 Å². The van der Waals surface area contributed by atoms with Crippen molar-refractivity contribution in [1.29, 1.82) is 0 Å². The van der Waals surface area contributed by atoms with Crippen LogP contribution in [0.3, 0.4) is 0 Å². The Bertz CT molecular complexity index is 1760. The lowest BCUT2D eigenvalue weighted by Gasteiger charge is -2.42. The Morgan fingerprint density at radius 1 is 0.775 bits per heavy atom. The van der Waals surface area contributed by atoms with E-state index in [1.807, 2.05) is 91.9 Å². The molecule has 6 heteroatoms. The molecule has 2 spiro atoms. The number of Topliss-reactive ketones (excluding diaryl/α,β-unsaturated/α-hetero) is 1. The molecule has 2 amide bonds. The Labute approximate surface area is 232 Å². The van der Waals surface area contributed by atoms with Gasteiger partial charge in [0.1, 0.15) is 11.0 Å². The third-order valence-electron chi connectivity index (χ3n) is 9.57. The largest absolute Gasteiger partial charge is 0.325 e. The van der Waals surface area contributed by atoms with E-state index >= 15 is 4.79 Å². The standard InChI is InChI=1S/C34H27N3O3/c1-20-14-16-22(17-15-20)28(38)29-33(24-10-4-6-12-26(24)35-31(33)39)30-23-9-3-2-8-21(23)18-19-37(30)34(29)25-11-5-7-13-27(25)36-32(34)40/h2-17,29-30H,18-19H2,1H3,(H,35,39)(H,36,40)/t29-,30-,33-,34-/m1/s1. The summed E-state index contributed by atoms with van der Waals surface area (Å²) < 4.78 is 0. The first-order valence-corrected chi connectivity index (χ1v) is 13.8. The number of benzene rings is 4. The molecule has 4 heterocycles. The molecule has 4 aliphatic rings. The molecule has 0 aromatic heterocycles. The predicted octanol–water partition coefficient (Wildman–Crippen LogP) is 5.14. The van der Waals surface area contributed by atoms with E-state index in [-0.39, 0.29) is 17.6 Å². The fourth-order valence-corrected chi connectivity index (χ4v) is 8.07. The lowest BCUT2D eigenvalue weighted by atomic mass is 9.59. The lowest BCUT2D eigenvalue weighted by molar-refractivity contribution is -0.128. The smallest absolute Gasteiger partial charge is 0.250 e. The number of rotatable bonds is 2. The Kier molecular flexibility index (Phi) is 4.66. The molecule has 0 aliphatic carbocycles. The molecule has 40 heavy (non-hydrogen) atoms. The number of para-hydroxylation sites is 2. The van der Waals surface area contributed by atoms with Gasteiger partial charge >= 0.3 is 0 Å². The Morgan fingerprint density at radius 2 is 1.40 bits per heavy atom. The van der Waals surface area contributed by atoms with E-state index in [2.05, 4.69) is 27.7 Å². The molecule has 0 radical (unpaired) electrons. The van der Waals surface area contributed by atoms with Crippen molar-refractivity contribution in [1.82, 2.24) is 4.90 Å². The molecule has 196 valence electrons. The zero-order valence-corrected chi connectivity index (χ0v) is 22.0. The molecule has 6 nitrogen and oxygen atoms in total. The number of hydrogen-bond donors (Lipinski definition) is 2. The van der Waals surface area contributed by atoms with Crippen molar-refractivity contribution < 1.29 is 14.4 Å². The van der Waals surface area contributed by atoms with Crippen molar-refractivity contribution in [2.24, 2.45) is 5.92 Å². The van der Waals surface area contributed by atoms with Gasteiger partial charge in [0.15, 0.2) is 5.78 Å². The van der Waals surface area contributed by atoms with Gasteiger partial charge in [-0.05, 0) is 42.2 Å². The molecule has 4 atom stereocenters. The second kappa shape index (κ2) is 7.99. The Balaban J connectivity index is 1.53. The van der Waals surface area contributed by atoms with Crippen molar-refractivity contribution in [2.75, 3.05) is 17.2 Å². The van der Waals surface area contributed by atoms with Crippen LogP contribution < -0.4 is 10.6 Å². The molecule has 4 aromatic rings. The van der Waals surface area contributed by atoms with Gasteiger partial charge in [-0.2, -0.15) is 0 Å². The molecule has 0 bridgehead atoms. The molecule has 1 fully saturated rings. The van der Waals surface area contributed by atoms with Crippen LogP contribution in [0.2, 0.25) is 0 Å². The van der Waals surface area contributed by atoms with Gasteiger partial charge in [0.25, 0.3) is 0 Å². The highest BCUT2D eigenvalue weighted by Crippen LogP contribution is 2.69. The molecule has 4 aliphatic heterocycles. The lowest BCUT2D eigenvalue weighted by Crippen LogP contribution is -2.55. The molecule has 0 unspecified atom stereocenters. The van der Waals surface area contributed by atoms with Crippen molar-refractivity contribution in [3.63, 3.8) is 0 Å². The van der Waals surface area contributed by atoms with Crippen LogP contribution >= 0.6 is 0 Å². The third-order valence-corrected chi connectivity index (χ3v) is 9.57. The summed E-state index contributed by atoms with van der Waals surface area (Å²) >= 11 is 0. The molecule has 0 saturated carbocycles. The quantitative estimate of drug-likeness (QED) is 0.355. The van der Waals surface area contributed by atoms with Crippen LogP contribution in [-0.4, -0.2) is 29.0 Å². The van der Waals surface area contributed by atoms with Gasteiger partial charge in [-0.3, -0.25) is 19.3 Å². The summed E-state index contributed by atoms with van der Waals surface area (Å²) in [7, 11) is 0. The first-order chi connectivity index (χ1) is 19.5. The van der Waals surface area contributed by atoms with E-state index in [0.717, 1.165) is 27.8 Å². The molecule has 2 N–H and O–H groups in total. The van der Waals surface area contributed by atoms with Crippen LogP contribution in [0, 0.1) is 12.8 Å². The summed E-state index contributed by atoms with van der Waals surface area (Å²) in [4.78, 5) is 46.4. The maximum atomic E-state index is 15.1. The number of carbonyl (C=O) groups excluding carboxylic acids is 3. The number of carbonyl (C=O) groups is 3. The minimum Gasteiger partial charge on any atom is -0.325 e. The van der Waals surface area contributed by atoms with Gasteiger partial charge in [0.2, 0.25) is 11.8 Å². The number of aryl methyl sites for hydroxylation is 1. The normalized spacial score (nSPS) is 27.6. The fraction of sp³-hybridized carbons (Fsp3) is 0.206. The molecule has 8 rings (SSSR count). The predicted molar refractivity (Wildman–Crippen MR) is 152 cm³/mol. The number of nitrogens with one attached hydrogen (secondary N) is 2. The third kappa shape index (κ3) is 2.64. The number of anilines is 2. The summed E-state index contributed by atoms with van der Waals surface area (Å²) in [6.07, 6.45) is 0.717. The second-order valence-corrected chi connectivity index (χ2v) is 11.3. The SMILES string of the molecule is Cc1ccc(C(=O)[C@@H]2[C@@]3(C(=O)Nc4ccccc43)[C@H]3c4ccccc4CCN3[C@@]23C(=O)Nc2ccccc23)cc1. The van der Waals surface area contributed by atoms with Crippen LogP contribution in [0.25, 0.3) is 0 Å². The molecular formula is C34H27N3O3. The highest BCUT2D eigenvalue weighted by molar-refractivity contribution is 6.18. The van der Waals surface area contributed by atoms with Crippen LogP contribution in [-0.2, 0) is 27.0 Å². The van der Waals surface area contributed by atoms with E-state index in [4.69, 9.17) is 0 Å². The summed E-state index contributed by atoms with van der Waals surface area (Å²) in [5.74, 6) is -1.70. The summed E-state index contributed by atoms with van der Waals surface area (Å²) in [5.41, 5.74) is 3.88. The Hall–Kier alpha value is -4.55. The van der Waals surface area contributed by atoms with Gasteiger partial charge in [0, 0.05) is 29.0 Å². The van der Waals surface area contributed by atoms with E-state index in [1.54, 1.807) is 0 Å². The maximum Gasteiger partial charge on any atom is 0.250 e. The molecular weight excluding hydrogens is 498 g/mol. The van der Waals surface area contributed by atoms with Crippen LogP contribution in [0.1, 0.15) is 44.2 Å². The van der Waals surface area contributed by atoms with E-state index in [9.17, 15) is 9.59 Å². The topological polar surface area (TPSA) is 78.5 Å². The minimum atomic E-state index is -1.37. The summed E-state index contributed by atoms with van der Waals surface area (Å²) in [6.45, 7) is 2.52. The van der Waals surface area contributed by atoms with Crippen molar-refractivity contribution in [2.45, 2.75) is 30.3 Å². The first kappa shape index (κ1) is 23.3. The van der Waals surface area contributed by atoms with E-state index in [1.165, 1.54) is 0 Å². The highest BCUT2D eigenvalue weighted by atomic mass is 16.2. The number of fused-ring (bicyclic) bond motifs is 9.